The summed E-state index contributed by atoms with van der Waals surface area (Å²) in [6.07, 6.45) is 2.98. The number of halogens is 2. The molecule has 3 aromatic heterocycles. The van der Waals surface area contributed by atoms with E-state index in [0.717, 1.165) is 47.2 Å². The van der Waals surface area contributed by atoms with Gasteiger partial charge in [-0.25, -0.2) is 23.4 Å². The third kappa shape index (κ3) is 3.81. The molecule has 35 heavy (non-hydrogen) atoms. The molecule has 11 heteroatoms. The lowest BCUT2D eigenvalue weighted by atomic mass is 10.0. The zero-order valence-electron chi connectivity index (χ0n) is 19.0. The van der Waals surface area contributed by atoms with Crippen molar-refractivity contribution in [1.82, 2.24) is 24.5 Å². The maximum Gasteiger partial charge on any atom is 0.280 e. The smallest absolute Gasteiger partial charge is 0.280 e. The summed E-state index contributed by atoms with van der Waals surface area (Å²) in [4.78, 5) is 29.9. The van der Waals surface area contributed by atoms with E-state index in [-0.39, 0.29) is 12.0 Å². The van der Waals surface area contributed by atoms with Gasteiger partial charge in [-0.2, -0.15) is 0 Å². The Balaban J connectivity index is 1.28. The van der Waals surface area contributed by atoms with E-state index in [1.807, 2.05) is 25.3 Å². The number of aromatic nitrogens is 4. The van der Waals surface area contributed by atoms with Crippen LogP contribution >= 0.6 is 0 Å². The summed E-state index contributed by atoms with van der Waals surface area (Å²) in [7, 11) is 0. The molecule has 3 aromatic rings. The first kappa shape index (κ1) is 21.7. The lowest BCUT2D eigenvalue weighted by Gasteiger charge is -2.39. The van der Waals surface area contributed by atoms with Gasteiger partial charge in [-0.1, -0.05) is 0 Å². The Bertz CT molecular complexity index is 1390. The Labute approximate surface area is 199 Å². The van der Waals surface area contributed by atoms with E-state index in [1.54, 1.807) is 12.3 Å². The molecule has 0 radical (unpaired) electrons. The third-order valence-corrected chi connectivity index (χ3v) is 6.55. The first-order chi connectivity index (χ1) is 17.0. The lowest BCUT2D eigenvalue weighted by molar-refractivity contribution is 0.145. The van der Waals surface area contributed by atoms with Crippen LogP contribution in [0.5, 0.6) is 5.88 Å². The lowest BCUT2D eigenvalue weighted by Crippen LogP contribution is -2.51. The van der Waals surface area contributed by atoms with Crippen molar-refractivity contribution >= 4 is 17.5 Å². The Kier molecular flexibility index (Phi) is 5.21. The van der Waals surface area contributed by atoms with Crippen LogP contribution in [-0.2, 0) is 13.0 Å². The predicted octanol–water partition coefficient (Wildman–Crippen LogP) is 2.85. The molecule has 1 unspecified atom stereocenters. The average molecular weight is 479 g/mol. The molecule has 3 aliphatic heterocycles. The summed E-state index contributed by atoms with van der Waals surface area (Å²) >= 11 is 0. The quantitative estimate of drug-likeness (QED) is 0.614. The number of nitrogens with one attached hydrogen (secondary N) is 1. The number of fused-ring (bicyclic) bond motifs is 3. The van der Waals surface area contributed by atoms with Crippen LogP contribution in [0.4, 0.5) is 20.2 Å². The minimum Gasteiger partial charge on any atom is -0.474 e. The number of anilines is 2. The van der Waals surface area contributed by atoms with E-state index in [2.05, 4.69) is 31.3 Å². The summed E-state index contributed by atoms with van der Waals surface area (Å²) < 4.78 is 33.1. The monoisotopic (exact) mass is 479 g/mol. The number of pyridine rings is 2. The van der Waals surface area contributed by atoms with Crippen LogP contribution in [0, 0.1) is 0 Å². The fourth-order valence-corrected chi connectivity index (χ4v) is 4.86. The molecular formula is C24H23F2N7O2. The Morgan fingerprint density at radius 2 is 2.11 bits per heavy atom. The van der Waals surface area contributed by atoms with Gasteiger partial charge in [0.25, 0.3) is 12.0 Å². The first-order valence-electron chi connectivity index (χ1n) is 11.4. The standard InChI is InChI=1S/C24H23F2N7O2/c1-14-9-20-29-18(22(25)26)11-21(34)33(20)30-23(14)31-6-4-17-15(13-31)10-16(12-28-17)32-7-8-35-24-19(32)3-2-5-27-24/h2-3,5,9-12,22-23,30H,4,6-8,13H2,1H3. The van der Waals surface area contributed by atoms with Gasteiger partial charge in [-0.15, -0.1) is 0 Å². The van der Waals surface area contributed by atoms with Gasteiger partial charge in [-0.05, 0) is 42.3 Å². The summed E-state index contributed by atoms with van der Waals surface area (Å²) in [5.74, 6) is 0.792. The van der Waals surface area contributed by atoms with Crippen LogP contribution in [0.1, 0.15) is 36.1 Å². The number of rotatable bonds is 3. The molecule has 3 aliphatic rings. The molecule has 0 aromatic carbocycles. The van der Waals surface area contributed by atoms with Crippen molar-refractivity contribution in [3.8, 4) is 5.88 Å². The van der Waals surface area contributed by atoms with E-state index < -0.39 is 17.7 Å². The van der Waals surface area contributed by atoms with Crippen molar-refractivity contribution < 1.29 is 13.5 Å². The second-order valence-electron chi connectivity index (χ2n) is 8.78. The highest BCUT2D eigenvalue weighted by Crippen LogP contribution is 2.36. The van der Waals surface area contributed by atoms with Crippen molar-refractivity contribution in [3.63, 3.8) is 0 Å². The fraction of sp³-hybridized carbons (Fsp3) is 0.333. The molecular weight excluding hydrogens is 456 g/mol. The summed E-state index contributed by atoms with van der Waals surface area (Å²) in [5, 5.41) is 0. The average Bonchev–Trinajstić information content (AvgIpc) is 2.87. The Hall–Kier alpha value is -3.86. The van der Waals surface area contributed by atoms with Crippen LogP contribution in [-0.4, -0.2) is 50.4 Å². The zero-order chi connectivity index (χ0) is 24.1. The van der Waals surface area contributed by atoms with Gasteiger partial charge in [0.2, 0.25) is 5.88 Å². The van der Waals surface area contributed by atoms with Gasteiger partial charge in [-0.3, -0.25) is 20.1 Å². The van der Waals surface area contributed by atoms with Crippen molar-refractivity contribution in [1.29, 1.82) is 0 Å². The van der Waals surface area contributed by atoms with E-state index in [0.29, 0.717) is 25.6 Å². The van der Waals surface area contributed by atoms with Crippen LogP contribution < -0.4 is 20.6 Å². The van der Waals surface area contributed by atoms with E-state index >= 15 is 0 Å². The summed E-state index contributed by atoms with van der Waals surface area (Å²) in [6.45, 7) is 4.50. The molecule has 0 spiro atoms. The first-order valence-corrected chi connectivity index (χ1v) is 11.4. The molecule has 0 amide bonds. The molecule has 0 saturated heterocycles. The minimum absolute atomic E-state index is 0.183. The molecule has 6 heterocycles. The summed E-state index contributed by atoms with van der Waals surface area (Å²) in [5.41, 5.74) is 7.02. The van der Waals surface area contributed by atoms with E-state index in [9.17, 15) is 13.6 Å². The van der Waals surface area contributed by atoms with E-state index in [4.69, 9.17) is 9.72 Å². The van der Waals surface area contributed by atoms with Crippen LogP contribution in [0.2, 0.25) is 0 Å². The van der Waals surface area contributed by atoms with Crippen molar-refractivity contribution in [2.24, 2.45) is 0 Å². The molecule has 1 atom stereocenters. The number of ether oxygens (including phenoxy) is 1. The molecule has 0 bridgehead atoms. The van der Waals surface area contributed by atoms with Crippen LogP contribution in [0.15, 0.2) is 47.0 Å². The van der Waals surface area contributed by atoms with Crippen molar-refractivity contribution in [2.45, 2.75) is 32.5 Å². The van der Waals surface area contributed by atoms with E-state index in [1.165, 1.54) is 4.68 Å². The highest BCUT2D eigenvalue weighted by Gasteiger charge is 2.30. The normalized spacial score (nSPS) is 19.3. The van der Waals surface area contributed by atoms with Crippen molar-refractivity contribution in [3.05, 3.63) is 75.4 Å². The second-order valence-corrected chi connectivity index (χ2v) is 8.78. The fourth-order valence-electron chi connectivity index (χ4n) is 4.86. The maximum atomic E-state index is 13.1. The highest BCUT2D eigenvalue weighted by atomic mass is 19.3. The molecule has 0 saturated carbocycles. The number of nitrogens with zero attached hydrogens (tertiary/aromatic N) is 6. The van der Waals surface area contributed by atoms with Crippen LogP contribution in [0.25, 0.3) is 6.08 Å². The molecule has 6 rings (SSSR count). The molecule has 1 N–H and O–H groups in total. The Morgan fingerprint density at radius 1 is 1.23 bits per heavy atom. The highest BCUT2D eigenvalue weighted by molar-refractivity contribution is 5.68. The SMILES string of the molecule is CC1=Cc2nc(C(F)F)cc(=O)n2NC1N1CCc2ncc(N3CCOc4ncccc43)cc2C1. The predicted molar refractivity (Wildman–Crippen MR) is 125 cm³/mol. The van der Waals surface area contributed by atoms with Crippen LogP contribution in [0.3, 0.4) is 0 Å². The number of alkyl halides is 2. The molecule has 0 aliphatic carbocycles. The Morgan fingerprint density at radius 3 is 2.97 bits per heavy atom. The van der Waals surface area contributed by atoms with Gasteiger partial charge in [0.15, 0.2) is 5.82 Å². The van der Waals surface area contributed by atoms with Gasteiger partial charge in [0, 0.05) is 37.5 Å². The van der Waals surface area contributed by atoms with Gasteiger partial charge >= 0.3 is 0 Å². The molecule has 9 nitrogen and oxygen atoms in total. The number of hydrogen-bond acceptors (Lipinski definition) is 8. The van der Waals surface area contributed by atoms with Gasteiger partial charge in [0.1, 0.15) is 24.2 Å². The topological polar surface area (TPSA) is 88.4 Å². The summed E-state index contributed by atoms with van der Waals surface area (Å²) in [6, 6.07) is 6.89. The molecule has 0 fully saturated rings. The molecule has 180 valence electrons. The minimum atomic E-state index is -2.80. The van der Waals surface area contributed by atoms with Gasteiger partial charge in [0.05, 0.1) is 18.4 Å². The maximum absolute atomic E-state index is 13.1. The zero-order valence-corrected chi connectivity index (χ0v) is 19.0. The second kappa shape index (κ2) is 8.42. The van der Waals surface area contributed by atoms with Crippen molar-refractivity contribution in [2.75, 3.05) is 30.0 Å². The number of hydrogen-bond donors (Lipinski definition) is 1. The largest absolute Gasteiger partial charge is 0.474 e. The van der Waals surface area contributed by atoms with Gasteiger partial charge < -0.3 is 9.64 Å². The third-order valence-electron chi connectivity index (χ3n) is 6.55.